The number of H-pyrrole nitrogens is 1. The summed E-state index contributed by atoms with van der Waals surface area (Å²) in [6.07, 6.45) is 4.07. The second-order valence-corrected chi connectivity index (χ2v) is 7.84. The molecule has 0 unspecified atom stereocenters. The molecule has 0 aliphatic carbocycles. The Kier molecular flexibility index (Phi) is 5.40. The number of fused-ring (bicyclic) bond motifs is 1. The molecular formula is C24H28N2O. The molecule has 3 nitrogen and oxygen atoms in total. The van der Waals surface area contributed by atoms with Crippen molar-refractivity contribution < 1.29 is 4.79 Å². The normalized spacial score (nSPS) is 16.0. The molecule has 3 aromatic rings. The lowest BCUT2D eigenvalue weighted by atomic mass is 9.90. The quantitative estimate of drug-likeness (QED) is 0.601. The number of para-hydroxylation sites is 1. The van der Waals surface area contributed by atoms with E-state index in [4.69, 9.17) is 0 Å². The number of likely N-dealkylation sites (tertiary alicyclic amines) is 1. The zero-order valence-electron chi connectivity index (χ0n) is 16.1. The van der Waals surface area contributed by atoms with Crippen LogP contribution >= 0.6 is 0 Å². The fraction of sp³-hybridized carbons (Fsp3) is 0.375. The average Bonchev–Trinajstić information content (AvgIpc) is 3.04. The van der Waals surface area contributed by atoms with Gasteiger partial charge in [-0.3, -0.25) is 9.69 Å². The molecule has 0 radical (unpaired) electrons. The molecule has 1 saturated heterocycles. The van der Waals surface area contributed by atoms with E-state index in [1.165, 1.54) is 18.4 Å². The highest BCUT2D eigenvalue weighted by molar-refractivity contribution is 6.09. The molecule has 0 amide bonds. The lowest BCUT2D eigenvalue weighted by Gasteiger charge is -2.32. The van der Waals surface area contributed by atoms with Gasteiger partial charge in [0.1, 0.15) is 0 Å². The smallest absolute Gasteiger partial charge is 0.165 e. The van der Waals surface area contributed by atoms with Crippen LogP contribution in [0.25, 0.3) is 10.9 Å². The second kappa shape index (κ2) is 8.10. The first-order valence-corrected chi connectivity index (χ1v) is 10.1. The zero-order valence-corrected chi connectivity index (χ0v) is 16.1. The number of hydrogen-bond donors (Lipinski definition) is 1. The molecule has 1 N–H and O–H groups in total. The highest BCUT2D eigenvalue weighted by atomic mass is 16.1. The SMILES string of the molecule is Cc1[nH]c2ccccc2c1C(=O)CCC1CCN(Cc2ccccc2)CC1. The van der Waals surface area contributed by atoms with Gasteiger partial charge in [0.15, 0.2) is 5.78 Å². The number of nitrogens with zero attached hydrogens (tertiary/aromatic N) is 1. The Morgan fingerprint density at radius 1 is 1.04 bits per heavy atom. The van der Waals surface area contributed by atoms with Crippen LogP contribution in [0.15, 0.2) is 54.6 Å². The van der Waals surface area contributed by atoms with Crippen LogP contribution in [0.4, 0.5) is 0 Å². The van der Waals surface area contributed by atoms with Crippen LogP contribution in [0, 0.1) is 12.8 Å². The molecule has 0 spiro atoms. The van der Waals surface area contributed by atoms with Crippen LogP contribution in [-0.4, -0.2) is 28.8 Å². The summed E-state index contributed by atoms with van der Waals surface area (Å²) in [6, 6.07) is 18.8. The van der Waals surface area contributed by atoms with Crippen LogP contribution < -0.4 is 0 Å². The van der Waals surface area contributed by atoms with E-state index in [-0.39, 0.29) is 5.78 Å². The maximum atomic E-state index is 12.9. The molecule has 0 atom stereocenters. The van der Waals surface area contributed by atoms with Gasteiger partial charge in [0.25, 0.3) is 0 Å². The zero-order chi connectivity index (χ0) is 18.6. The second-order valence-electron chi connectivity index (χ2n) is 7.84. The Morgan fingerprint density at radius 2 is 1.74 bits per heavy atom. The molecular weight excluding hydrogens is 332 g/mol. The molecule has 1 aliphatic heterocycles. The highest BCUT2D eigenvalue weighted by Crippen LogP contribution is 2.27. The van der Waals surface area contributed by atoms with Gasteiger partial charge in [-0.2, -0.15) is 0 Å². The Balaban J connectivity index is 1.29. The first-order chi connectivity index (χ1) is 13.2. The molecule has 0 saturated carbocycles. The lowest BCUT2D eigenvalue weighted by molar-refractivity contribution is 0.0962. The van der Waals surface area contributed by atoms with Crippen molar-refractivity contribution in [2.75, 3.05) is 13.1 Å². The van der Waals surface area contributed by atoms with Crippen LogP contribution in [-0.2, 0) is 6.54 Å². The van der Waals surface area contributed by atoms with Crippen LogP contribution in [0.2, 0.25) is 0 Å². The van der Waals surface area contributed by atoms with Crippen LogP contribution in [0.3, 0.4) is 0 Å². The van der Waals surface area contributed by atoms with Crippen molar-refractivity contribution in [3.63, 3.8) is 0 Å². The van der Waals surface area contributed by atoms with E-state index in [0.29, 0.717) is 12.3 Å². The van der Waals surface area contributed by atoms with Crippen molar-refractivity contribution in [2.45, 2.75) is 39.2 Å². The number of Topliss-reactive ketones (excluding diaryl/α,β-unsaturated/α-hetero) is 1. The van der Waals surface area contributed by atoms with Crippen molar-refractivity contribution in [3.05, 3.63) is 71.4 Å². The van der Waals surface area contributed by atoms with Crippen molar-refractivity contribution in [1.82, 2.24) is 9.88 Å². The molecule has 2 aromatic carbocycles. The maximum absolute atomic E-state index is 12.9. The van der Waals surface area contributed by atoms with Crippen LogP contribution in [0.1, 0.15) is 47.3 Å². The monoisotopic (exact) mass is 360 g/mol. The summed E-state index contributed by atoms with van der Waals surface area (Å²) in [4.78, 5) is 18.7. The predicted octanol–water partition coefficient (Wildman–Crippen LogP) is 5.35. The molecule has 140 valence electrons. The van der Waals surface area contributed by atoms with Gasteiger partial charge < -0.3 is 4.98 Å². The third-order valence-corrected chi connectivity index (χ3v) is 5.91. The number of benzene rings is 2. The Morgan fingerprint density at radius 3 is 2.52 bits per heavy atom. The van der Waals surface area contributed by atoms with Gasteiger partial charge in [-0.1, -0.05) is 48.5 Å². The van der Waals surface area contributed by atoms with E-state index < -0.39 is 0 Å². The first-order valence-electron chi connectivity index (χ1n) is 10.1. The predicted molar refractivity (Wildman–Crippen MR) is 111 cm³/mol. The third-order valence-electron chi connectivity index (χ3n) is 5.91. The number of aryl methyl sites for hydroxylation is 1. The summed E-state index contributed by atoms with van der Waals surface area (Å²) >= 11 is 0. The molecule has 3 heteroatoms. The Hall–Kier alpha value is -2.39. The molecule has 4 rings (SSSR count). The fourth-order valence-electron chi connectivity index (χ4n) is 4.37. The minimum Gasteiger partial charge on any atom is -0.358 e. The standard InChI is InChI=1S/C24H28N2O/c1-18-24(21-9-5-6-10-22(21)25-18)23(27)12-11-19-13-15-26(16-14-19)17-20-7-3-2-4-8-20/h2-10,19,25H,11-17H2,1H3. The number of ketones is 1. The molecule has 0 bridgehead atoms. The summed E-state index contributed by atoms with van der Waals surface area (Å²) in [5.41, 5.74) is 4.35. The number of nitrogens with one attached hydrogen (secondary N) is 1. The van der Waals surface area contributed by atoms with Gasteiger partial charge in [0, 0.05) is 35.1 Å². The minimum absolute atomic E-state index is 0.289. The van der Waals surface area contributed by atoms with Crippen molar-refractivity contribution in [3.8, 4) is 0 Å². The summed E-state index contributed by atoms with van der Waals surface area (Å²) < 4.78 is 0. The van der Waals surface area contributed by atoms with Gasteiger partial charge in [-0.15, -0.1) is 0 Å². The third kappa shape index (κ3) is 4.14. The van der Waals surface area contributed by atoms with E-state index in [0.717, 1.165) is 48.2 Å². The van der Waals surface area contributed by atoms with Gasteiger partial charge in [-0.05, 0) is 56.8 Å². The molecule has 2 heterocycles. The summed E-state index contributed by atoms with van der Waals surface area (Å²) in [6.45, 7) is 5.33. The Labute approximate surface area is 161 Å². The summed E-state index contributed by atoms with van der Waals surface area (Å²) in [5, 5.41) is 1.07. The van der Waals surface area contributed by atoms with Crippen LogP contribution in [0.5, 0.6) is 0 Å². The number of carbonyl (C=O) groups excluding carboxylic acids is 1. The minimum atomic E-state index is 0.289. The van der Waals surface area contributed by atoms with Crippen molar-refractivity contribution >= 4 is 16.7 Å². The van der Waals surface area contributed by atoms with E-state index in [1.807, 2.05) is 31.2 Å². The molecule has 1 aromatic heterocycles. The number of rotatable bonds is 6. The van der Waals surface area contributed by atoms with Gasteiger partial charge in [0.05, 0.1) is 0 Å². The number of hydrogen-bond acceptors (Lipinski definition) is 2. The highest BCUT2D eigenvalue weighted by Gasteiger charge is 2.22. The van der Waals surface area contributed by atoms with Gasteiger partial charge >= 0.3 is 0 Å². The van der Waals surface area contributed by atoms with Gasteiger partial charge in [-0.25, -0.2) is 0 Å². The topological polar surface area (TPSA) is 36.1 Å². The number of carbonyl (C=O) groups is 1. The van der Waals surface area contributed by atoms with Crippen molar-refractivity contribution in [1.29, 1.82) is 0 Å². The van der Waals surface area contributed by atoms with Crippen molar-refractivity contribution in [2.24, 2.45) is 5.92 Å². The number of aromatic nitrogens is 1. The van der Waals surface area contributed by atoms with E-state index in [1.54, 1.807) is 0 Å². The molecule has 27 heavy (non-hydrogen) atoms. The summed E-state index contributed by atoms with van der Waals surface area (Å²) in [5.74, 6) is 0.961. The summed E-state index contributed by atoms with van der Waals surface area (Å²) in [7, 11) is 0. The number of piperidine rings is 1. The molecule has 1 aliphatic rings. The van der Waals surface area contributed by atoms with E-state index in [9.17, 15) is 4.79 Å². The average molecular weight is 361 g/mol. The fourth-order valence-corrected chi connectivity index (χ4v) is 4.37. The van der Waals surface area contributed by atoms with E-state index in [2.05, 4.69) is 40.2 Å². The first kappa shape index (κ1) is 18.0. The Bertz CT molecular complexity index is 905. The lowest BCUT2D eigenvalue weighted by Crippen LogP contribution is -2.33. The van der Waals surface area contributed by atoms with E-state index >= 15 is 0 Å². The maximum Gasteiger partial charge on any atom is 0.165 e. The van der Waals surface area contributed by atoms with Gasteiger partial charge in [0.2, 0.25) is 0 Å². The largest absolute Gasteiger partial charge is 0.358 e. The molecule has 1 fully saturated rings. The number of aromatic amines is 1.